The molecule has 6 nitrogen and oxygen atoms in total. The summed E-state index contributed by atoms with van der Waals surface area (Å²) in [6.45, 7) is 2.04. The van der Waals surface area contributed by atoms with Crippen molar-refractivity contribution in [1.82, 2.24) is 19.1 Å². The highest BCUT2D eigenvalue weighted by Crippen LogP contribution is 2.23. The fraction of sp³-hybridized carbons (Fsp3) is 0.174. The van der Waals surface area contributed by atoms with Crippen molar-refractivity contribution in [3.05, 3.63) is 76.0 Å². The number of aryl methyl sites for hydroxylation is 2. The van der Waals surface area contributed by atoms with E-state index in [1.165, 1.54) is 4.57 Å². The van der Waals surface area contributed by atoms with Crippen LogP contribution >= 0.6 is 12.6 Å². The van der Waals surface area contributed by atoms with Gasteiger partial charge in [-0.2, -0.15) is 0 Å². The third kappa shape index (κ3) is 3.52. The Bertz CT molecular complexity index is 1330. The highest BCUT2D eigenvalue weighted by atomic mass is 32.1. The van der Waals surface area contributed by atoms with Crippen LogP contribution in [0.4, 0.5) is 5.95 Å². The number of fused-ring (bicyclic) bond motifs is 1. The summed E-state index contributed by atoms with van der Waals surface area (Å²) in [6.07, 6.45) is 5.32. The predicted octanol–water partition coefficient (Wildman–Crippen LogP) is 3.95. The zero-order valence-corrected chi connectivity index (χ0v) is 18.3. The Morgan fingerprint density at radius 1 is 1.10 bits per heavy atom. The lowest BCUT2D eigenvalue weighted by Gasteiger charge is -2.11. The van der Waals surface area contributed by atoms with Gasteiger partial charge in [0.1, 0.15) is 6.33 Å². The molecule has 4 rings (SSSR count). The number of rotatable bonds is 4. The minimum absolute atomic E-state index is 0.216. The summed E-state index contributed by atoms with van der Waals surface area (Å²) < 4.78 is 3.51. The first-order valence-corrected chi connectivity index (χ1v) is 10.00. The van der Waals surface area contributed by atoms with Crippen molar-refractivity contribution in [2.45, 2.75) is 11.8 Å². The number of hydrogen-bond acceptors (Lipinski definition) is 5. The first kappa shape index (κ1) is 20.0. The highest BCUT2D eigenvalue weighted by molar-refractivity contribution is 7.80. The third-order valence-electron chi connectivity index (χ3n) is 5.10. The van der Waals surface area contributed by atoms with Gasteiger partial charge in [0.25, 0.3) is 5.56 Å². The molecule has 0 amide bonds. The Morgan fingerprint density at radius 3 is 2.60 bits per heavy atom. The molecular weight excluding hydrogens is 394 g/mol. The maximum atomic E-state index is 13.0. The first-order valence-electron chi connectivity index (χ1n) is 9.55. The van der Waals surface area contributed by atoms with Crippen LogP contribution in [0.5, 0.6) is 0 Å². The fourth-order valence-corrected chi connectivity index (χ4v) is 3.66. The molecule has 0 radical (unpaired) electrons. The molecule has 2 aromatic heterocycles. The van der Waals surface area contributed by atoms with Gasteiger partial charge in [0.15, 0.2) is 0 Å². The zero-order valence-electron chi connectivity index (χ0n) is 17.4. The van der Waals surface area contributed by atoms with Crippen molar-refractivity contribution < 1.29 is 0 Å². The monoisotopic (exact) mass is 417 g/mol. The SMILES string of the molecule is Cc1ccccc1/C=C/c1ncn(-c2ccc3nc(N(C)C)n(C)c3c2)c(=O)c1S. The molecule has 7 heteroatoms. The van der Waals surface area contributed by atoms with Gasteiger partial charge in [-0.15, -0.1) is 12.6 Å². The molecule has 2 heterocycles. The second kappa shape index (κ2) is 7.84. The van der Waals surface area contributed by atoms with Gasteiger partial charge in [-0.25, -0.2) is 9.97 Å². The van der Waals surface area contributed by atoms with Gasteiger partial charge in [0.2, 0.25) is 5.95 Å². The van der Waals surface area contributed by atoms with Crippen molar-refractivity contribution in [2.75, 3.05) is 19.0 Å². The molecule has 0 fully saturated rings. The molecule has 0 aliphatic carbocycles. The van der Waals surface area contributed by atoms with Crippen LogP contribution in [0.2, 0.25) is 0 Å². The Morgan fingerprint density at radius 2 is 1.87 bits per heavy atom. The van der Waals surface area contributed by atoms with Gasteiger partial charge >= 0.3 is 0 Å². The summed E-state index contributed by atoms with van der Waals surface area (Å²) in [6, 6.07) is 13.8. The molecule has 0 saturated heterocycles. The number of anilines is 1. The molecular formula is C23H23N5OS. The van der Waals surface area contributed by atoms with Crippen LogP contribution in [0.1, 0.15) is 16.8 Å². The van der Waals surface area contributed by atoms with Crippen molar-refractivity contribution in [1.29, 1.82) is 0 Å². The lowest BCUT2D eigenvalue weighted by atomic mass is 10.1. The molecule has 0 bridgehead atoms. The van der Waals surface area contributed by atoms with Crippen molar-refractivity contribution in [3.63, 3.8) is 0 Å². The number of hydrogen-bond donors (Lipinski definition) is 1. The molecule has 0 aliphatic heterocycles. The van der Waals surface area contributed by atoms with Gasteiger partial charge in [-0.3, -0.25) is 9.36 Å². The minimum atomic E-state index is -0.216. The van der Waals surface area contributed by atoms with Crippen LogP contribution in [-0.4, -0.2) is 33.2 Å². The van der Waals surface area contributed by atoms with E-state index in [0.717, 1.165) is 33.8 Å². The van der Waals surface area contributed by atoms with Crippen LogP contribution in [0.3, 0.4) is 0 Å². The van der Waals surface area contributed by atoms with E-state index in [-0.39, 0.29) is 5.56 Å². The quantitative estimate of drug-likeness (QED) is 0.511. The molecule has 0 atom stereocenters. The van der Waals surface area contributed by atoms with Crippen molar-refractivity contribution in [2.24, 2.45) is 7.05 Å². The second-order valence-corrected chi connectivity index (χ2v) is 7.83. The van der Waals surface area contributed by atoms with Gasteiger partial charge in [-0.05, 0) is 42.3 Å². The van der Waals surface area contributed by atoms with Crippen LogP contribution in [0, 0.1) is 6.92 Å². The molecule has 0 N–H and O–H groups in total. The van der Waals surface area contributed by atoms with Gasteiger partial charge < -0.3 is 9.47 Å². The number of imidazole rings is 1. The van der Waals surface area contributed by atoms with E-state index < -0.39 is 0 Å². The smallest absolute Gasteiger partial charge is 0.271 e. The standard InChI is InChI=1S/C23H23N5OS/c1-15-7-5-6-8-16(15)9-11-19-21(30)22(29)28(14-24-19)17-10-12-18-20(13-17)27(4)23(25-18)26(2)3/h5-14,30H,1-4H3/b11-9+. The van der Waals surface area contributed by atoms with Crippen molar-refractivity contribution >= 4 is 41.8 Å². The minimum Gasteiger partial charge on any atom is -0.348 e. The highest BCUT2D eigenvalue weighted by Gasteiger charge is 2.13. The molecule has 30 heavy (non-hydrogen) atoms. The molecule has 0 saturated carbocycles. The van der Waals surface area contributed by atoms with Crippen LogP contribution < -0.4 is 10.5 Å². The second-order valence-electron chi connectivity index (χ2n) is 7.38. The number of aromatic nitrogens is 4. The Labute approximate surface area is 180 Å². The average Bonchev–Trinajstić information content (AvgIpc) is 3.06. The number of benzene rings is 2. The van der Waals surface area contributed by atoms with Gasteiger partial charge in [-0.1, -0.05) is 30.3 Å². The number of thiol groups is 1. The van der Waals surface area contributed by atoms with E-state index in [4.69, 9.17) is 0 Å². The summed E-state index contributed by atoms with van der Waals surface area (Å²) in [5.41, 5.74) is 5.09. The lowest BCUT2D eigenvalue weighted by Crippen LogP contribution is -2.20. The van der Waals surface area contributed by atoms with Crippen LogP contribution in [-0.2, 0) is 7.05 Å². The third-order valence-corrected chi connectivity index (χ3v) is 5.52. The first-order chi connectivity index (χ1) is 14.4. The fourth-order valence-electron chi connectivity index (χ4n) is 3.42. The van der Waals surface area contributed by atoms with E-state index >= 15 is 0 Å². The van der Waals surface area contributed by atoms with E-state index in [0.29, 0.717) is 10.6 Å². The Hall–Kier alpha value is -3.32. The van der Waals surface area contributed by atoms with Gasteiger partial charge in [0, 0.05) is 21.1 Å². The molecule has 4 aromatic rings. The summed E-state index contributed by atoms with van der Waals surface area (Å²) in [7, 11) is 5.86. The van der Waals surface area contributed by atoms with Crippen LogP contribution in [0.25, 0.3) is 28.9 Å². The lowest BCUT2D eigenvalue weighted by molar-refractivity contribution is 0.878. The normalized spacial score (nSPS) is 11.5. The summed E-state index contributed by atoms with van der Waals surface area (Å²) >= 11 is 4.46. The summed E-state index contributed by atoms with van der Waals surface area (Å²) in [5, 5.41) is 0. The molecule has 0 aliphatic rings. The van der Waals surface area contributed by atoms with E-state index in [1.807, 2.05) is 92.2 Å². The molecule has 2 aromatic carbocycles. The molecule has 0 spiro atoms. The number of nitrogens with zero attached hydrogens (tertiary/aromatic N) is 5. The summed E-state index contributed by atoms with van der Waals surface area (Å²) in [5.74, 6) is 0.846. The predicted molar refractivity (Wildman–Crippen MR) is 126 cm³/mol. The van der Waals surface area contributed by atoms with Crippen molar-refractivity contribution in [3.8, 4) is 5.69 Å². The van der Waals surface area contributed by atoms with E-state index in [9.17, 15) is 4.79 Å². The topological polar surface area (TPSA) is 56.0 Å². The largest absolute Gasteiger partial charge is 0.348 e. The summed E-state index contributed by atoms with van der Waals surface area (Å²) in [4.78, 5) is 24.3. The van der Waals surface area contributed by atoms with E-state index in [2.05, 4.69) is 22.6 Å². The molecule has 0 unspecified atom stereocenters. The Balaban J connectivity index is 1.74. The Kier molecular flexibility index (Phi) is 5.22. The zero-order chi connectivity index (χ0) is 21.4. The van der Waals surface area contributed by atoms with E-state index in [1.54, 1.807) is 6.33 Å². The molecule has 152 valence electrons. The average molecular weight is 418 g/mol. The maximum Gasteiger partial charge on any atom is 0.271 e. The van der Waals surface area contributed by atoms with Gasteiger partial charge in [0.05, 0.1) is 27.3 Å². The van der Waals surface area contributed by atoms with Crippen LogP contribution in [0.15, 0.2) is 58.5 Å². The maximum absolute atomic E-state index is 13.0.